The first-order chi connectivity index (χ1) is 6.78. The van der Waals surface area contributed by atoms with E-state index in [1.54, 1.807) is 0 Å². The molecule has 1 aliphatic carbocycles. The second kappa shape index (κ2) is 2.86. The van der Waals surface area contributed by atoms with Crippen LogP contribution in [0.3, 0.4) is 0 Å². The van der Waals surface area contributed by atoms with Gasteiger partial charge in [-0.05, 0) is 37.3 Å². The van der Waals surface area contributed by atoms with Gasteiger partial charge in [0.2, 0.25) is 0 Å². The zero-order chi connectivity index (χ0) is 9.60. The van der Waals surface area contributed by atoms with Crippen LogP contribution in [0.2, 0.25) is 0 Å². The summed E-state index contributed by atoms with van der Waals surface area (Å²) in [6, 6.07) is 2.13. The van der Waals surface area contributed by atoms with Gasteiger partial charge in [-0.1, -0.05) is 12.8 Å². The zero-order valence-corrected chi connectivity index (χ0v) is 8.68. The van der Waals surface area contributed by atoms with Gasteiger partial charge in [-0.15, -0.1) is 0 Å². The van der Waals surface area contributed by atoms with E-state index in [1.807, 2.05) is 6.26 Å². The lowest BCUT2D eigenvalue weighted by molar-refractivity contribution is 0.248. The molecule has 0 bridgehead atoms. The highest BCUT2D eigenvalue weighted by Crippen LogP contribution is 2.42. The quantitative estimate of drug-likeness (QED) is 0.776. The highest BCUT2D eigenvalue weighted by molar-refractivity contribution is 5.27. The summed E-state index contributed by atoms with van der Waals surface area (Å²) < 4.78 is 5.64. The second-order valence-electron chi connectivity index (χ2n) is 4.93. The van der Waals surface area contributed by atoms with Gasteiger partial charge in [0.25, 0.3) is 0 Å². The van der Waals surface area contributed by atoms with Crippen LogP contribution in [0.25, 0.3) is 0 Å². The minimum atomic E-state index is 0.109. The third kappa shape index (κ3) is 1.29. The maximum atomic E-state index is 5.64. The Balaban J connectivity index is 1.92. The fourth-order valence-corrected chi connectivity index (χ4v) is 2.63. The van der Waals surface area contributed by atoms with Crippen LogP contribution < -0.4 is 5.32 Å². The molecule has 1 saturated carbocycles. The molecule has 0 spiro atoms. The Kier molecular flexibility index (Phi) is 1.75. The lowest BCUT2D eigenvalue weighted by Crippen LogP contribution is -2.44. The third-order valence-corrected chi connectivity index (χ3v) is 3.55. The first kappa shape index (κ1) is 8.54. The van der Waals surface area contributed by atoms with E-state index >= 15 is 0 Å². The average molecular weight is 191 g/mol. The maximum Gasteiger partial charge on any atom is 0.126 e. The number of hydrogen-bond acceptors (Lipinski definition) is 2. The van der Waals surface area contributed by atoms with Gasteiger partial charge in [0.05, 0.1) is 11.8 Å². The standard InChI is InChI=1S/C12H17NO/c1-12(8-9-2-3-9)11-10(4-6-13-12)5-7-14-11/h5,7,9,13H,2-4,6,8H2,1H3. The van der Waals surface area contributed by atoms with Crippen LogP contribution in [0, 0.1) is 5.92 Å². The van der Waals surface area contributed by atoms with E-state index in [9.17, 15) is 0 Å². The SMILES string of the molecule is CC1(CC2CC2)NCCc2ccoc21. The summed E-state index contributed by atoms with van der Waals surface area (Å²) >= 11 is 0. The Bertz CT molecular complexity index is 340. The first-order valence-electron chi connectivity index (χ1n) is 5.60. The molecule has 3 rings (SSSR count). The van der Waals surface area contributed by atoms with Crippen molar-refractivity contribution in [3.05, 3.63) is 23.7 Å². The average Bonchev–Trinajstić information content (AvgIpc) is 2.82. The zero-order valence-electron chi connectivity index (χ0n) is 8.68. The monoisotopic (exact) mass is 191 g/mol. The molecule has 1 aliphatic heterocycles. The van der Waals surface area contributed by atoms with Gasteiger partial charge in [-0.25, -0.2) is 0 Å². The number of fused-ring (bicyclic) bond motifs is 1. The molecule has 1 aromatic rings. The molecule has 1 unspecified atom stereocenters. The predicted octanol–water partition coefficient (Wildman–Crippen LogP) is 2.44. The van der Waals surface area contributed by atoms with Crippen molar-refractivity contribution in [1.29, 1.82) is 0 Å². The molecular formula is C12H17NO. The van der Waals surface area contributed by atoms with Gasteiger partial charge in [0.15, 0.2) is 0 Å². The van der Waals surface area contributed by atoms with E-state index < -0.39 is 0 Å². The summed E-state index contributed by atoms with van der Waals surface area (Å²) in [5, 5.41) is 3.62. The van der Waals surface area contributed by atoms with Gasteiger partial charge in [0, 0.05) is 6.54 Å². The highest BCUT2D eigenvalue weighted by Gasteiger charge is 2.39. The van der Waals surface area contributed by atoms with Crippen molar-refractivity contribution >= 4 is 0 Å². The van der Waals surface area contributed by atoms with Crippen LogP contribution in [-0.4, -0.2) is 6.54 Å². The van der Waals surface area contributed by atoms with Crippen molar-refractivity contribution in [2.24, 2.45) is 5.92 Å². The Hall–Kier alpha value is -0.760. The maximum absolute atomic E-state index is 5.64. The summed E-state index contributed by atoms with van der Waals surface area (Å²) in [6.07, 6.45) is 7.02. The Morgan fingerprint density at radius 1 is 1.57 bits per heavy atom. The fraction of sp³-hybridized carbons (Fsp3) is 0.667. The number of nitrogens with one attached hydrogen (secondary N) is 1. The fourth-order valence-electron chi connectivity index (χ4n) is 2.63. The van der Waals surface area contributed by atoms with E-state index in [-0.39, 0.29) is 5.54 Å². The molecule has 76 valence electrons. The highest BCUT2D eigenvalue weighted by atomic mass is 16.3. The van der Waals surface area contributed by atoms with Gasteiger partial charge in [-0.3, -0.25) is 0 Å². The second-order valence-corrected chi connectivity index (χ2v) is 4.93. The van der Waals surface area contributed by atoms with Crippen LogP contribution in [0.5, 0.6) is 0 Å². The summed E-state index contributed by atoms with van der Waals surface area (Å²) in [5.74, 6) is 2.12. The summed E-state index contributed by atoms with van der Waals surface area (Å²) in [5.41, 5.74) is 1.52. The minimum absolute atomic E-state index is 0.109. The van der Waals surface area contributed by atoms with Crippen LogP contribution in [0.1, 0.15) is 37.5 Å². The van der Waals surface area contributed by atoms with Crippen LogP contribution in [0.4, 0.5) is 0 Å². The normalized spacial score (nSPS) is 31.5. The number of rotatable bonds is 2. The number of furan rings is 1. The molecule has 2 aliphatic rings. The third-order valence-electron chi connectivity index (χ3n) is 3.55. The van der Waals surface area contributed by atoms with E-state index in [0.717, 1.165) is 18.9 Å². The molecule has 2 nitrogen and oxygen atoms in total. The lowest BCUT2D eigenvalue weighted by atomic mass is 9.86. The molecule has 0 saturated heterocycles. The summed E-state index contributed by atoms with van der Waals surface area (Å²) in [6.45, 7) is 3.38. The van der Waals surface area contributed by atoms with Crippen molar-refractivity contribution in [3.8, 4) is 0 Å². The van der Waals surface area contributed by atoms with E-state index in [4.69, 9.17) is 4.42 Å². The minimum Gasteiger partial charge on any atom is -0.467 e. The Labute approximate surface area is 84.7 Å². The molecule has 0 radical (unpaired) electrons. The van der Waals surface area contributed by atoms with E-state index in [1.165, 1.54) is 30.6 Å². The molecule has 1 atom stereocenters. The van der Waals surface area contributed by atoms with Crippen molar-refractivity contribution in [2.45, 2.75) is 38.1 Å². The Morgan fingerprint density at radius 2 is 2.43 bits per heavy atom. The number of hydrogen-bond donors (Lipinski definition) is 1. The van der Waals surface area contributed by atoms with Crippen LogP contribution >= 0.6 is 0 Å². The van der Waals surface area contributed by atoms with Crippen molar-refractivity contribution < 1.29 is 4.42 Å². The predicted molar refractivity (Wildman–Crippen MR) is 55.1 cm³/mol. The molecule has 1 aromatic heterocycles. The van der Waals surface area contributed by atoms with Crippen molar-refractivity contribution in [3.63, 3.8) is 0 Å². The van der Waals surface area contributed by atoms with Gasteiger partial charge < -0.3 is 9.73 Å². The van der Waals surface area contributed by atoms with E-state index in [0.29, 0.717) is 0 Å². The van der Waals surface area contributed by atoms with Crippen molar-refractivity contribution in [1.82, 2.24) is 5.32 Å². The molecule has 0 aromatic carbocycles. The lowest BCUT2D eigenvalue weighted by Gasteiger charge is -2.33. The summed E-state index contributed by atoms with van der Waals surface area (Å²) in [4.78, 5) is 0. The van der Waals surface area contributed by atoms with E-state index in [2.05, 4.69) is 18.3 Å². The molecular weight excluding hydrogens is 174 g/mol. The molecule has 0 amide bonds. The molecule has 1 fully saturated rings. The van der Waals surface area contributed by atoms with Gasteiger partial charge in [0.1, 0.15) is 5.76 Å². The smallest absolute Gasteiger partial charge is 0.126 e. The van der Waals surface area contributed by atoms with Crippen LogP contribution in [0.15, 0.2) is 16.7 Å². The largest absolute Gasteiger partial charge is 0.467 e. The molecule has 2 heterocycles. The first-order valence-corrected chi connectivity index (χ1v) is 5.60. The van der Waals surface area contributed by atoms with Crippen LogP contribution in [-0.2, 0) is 12.0 Å². The molecule has 1 N–H and O–H groups in total. The van der Waals surface area contributed by atoms with Gasteiger partial charge >= 0.3 is 0 Å². The van der Waals surface area contributed by atoms with Crippen molar-refractivity contribution in [2.75, 3.05) is 6.54 Å². The molecule has 2 heteroatoms. The topological polar surface area (TPSA) is 25.2 Å². The molecule has 14 heavy (non-hydrogen) atoms. The summed E-state index contributed by atoms with van der Waals surface area (Å²) in [7, 11) is 0. The van der Waals surface area contributed by atoms with Gasteiger partial charge in [-0.2, -0.15) is 0 Å². The Morgan fingerprint density at radius 3 is 3.21 bits per heavy atom.